The third kappa shape index (κ3) is 2.57. The molecule has 19 heavy (non-hydrogen) atoms. The van der Waals surface area contributed by atoms with Crippen LogP contribution < -0.4 is 4.90 Å². The van der Waals surface area contributed by atoms with Gasteiger partial charge in [-0.15, -0.1) is 0 Å². The number of benzene rings is 1. The summed E-state index contributed by atoms with van der Waals surface area (Å²) in [5, 5.41) is 0.964. The van der Waals surface area contributed by atoms with Gasteiger partial charge in [0.05, 0.1) is 6.54 Å². The number of rotatable bonds is 3. The molecule has 1 aromatic carbocycles. The lowest BCUT2D eigenvalue weighted by Crippen LogP contribution is -2.65. The molecule has 1 unspecified atom stereocenters. The largest absolute Gasteiger partial charge is 0.338 e. The molecule has 0 N–H and O–H groups in total. The van der Waals surface area contributed by atoms with Crippen molar-refractivity contribution in [2.24, 2.45) is 0 Å². The van der Waals surface area contributed by atoms with E-state index in [0.717, 1.165) is 5.06 Å². The van der Waals surface area contributed by atoms with Crippen molar-refractivity contribution in [3.05, 3.63) is 30.3 Å². The highest BCUT2D eigenvalue weighted by molar-refractivity contribution is 6.02. The Balaban J connectivity index is 2.14. The van der Waals surface area contributed by atoms with Gasteiger partial charge in [0.15, 0.2) is 0 Å². The lowest BCUT2D eigenvalue weighted by Gasteiger charge is -2.41. The summed E-state index contributed by atoms with van der Waals surface area (Å²) in [6.07, 6.45) is 0. The monoisotopic (exact) mass is 262 g/mol. The summed E-state index contributed by atoms with van der Waals surface area (Å²) in [4.78, 5) is 40.5. The zero-order valence-corrected chi connectivity index (χ0v) is 10.7. The summed E-state index contributed by atoms with van der Waals surface area (Å²) in [7, 11) is 0. The van der Waals surface area contributed by atoms with E-state index in [1.54, 1.807) is 24.3 Å². The van der Waals surface area contributed by atoms with Gasteiger partial charge in [-0.2, -0.15) is 5.06 Å². The molecule has 2 rings (SSSR count). The second-order valence-electron chi connectivity index (χ2n) is 4.22. The zero-order chi connectivity index (χ0) is 14.0. The Morgan fingerprint density at radius 1 is 1.26 bits per heavy atom. The highest BCUT2D eigenvalue weighted by atomic mass is 16.7. The third-order valence-corrected chi connectivity index (χ3v) is 2.79. The molecule has 2 amide bonds. The van der Waals surface area contributed by atoms with Crippen LogP contribution >= 0.6 is 0 Å². The van der Waals surface area contributed by atoms with Crippen molar-refractivity contribution in [1.82, 2.24) is 5.06 Å². The van der Waals surface area contributed by atoms with E-state index in [4.69, 9.17) is 4.84 Å². The Morgan fingerprint density at radius 2 is 1.89 bits per heavy atom. The number of nitrogens with zero attached hydrogens (tertiary/aromatic N) is 2. The number of carbonyl (C=O) groups excluding carboxylic acids is 3. The zero-order valence-electron chi connectivity index (χ0n) is 10.7. The van der Waals surface area contributed by atoms with E-state index in [1.165, 1.54) is 18.7 Å². The summed E-state index contributed by atoms with van der Waals surface area (Å²) in [5.74, 6) is -1.18. The number of anilines is 1. The van der Waals surface area contributed by atoms with Crippen LogP contribution in [0.1, 0.15) is 13.8 Å². The Hall–Kier alpha value is -2.37. The van der Waals surface area contributed by atoms with Crippen LogP contribution in [0, 0.1) is 0 Å². The minimum absolute atomic E-state index is 0.187. The molecule has 0 aliphatic carbocycles. The van der Waals surface area contributed by atoms with Crippen LogP contribution in [0.4, 0.5) is 5.69 Å². The van der Waals surface area contributed by atoms with Crippen LogP contribution in [-0.2, 0) is 19.2 Å². The first kappa shape index (κ1) is 13.1. The van der Waals surface area contributed by atoms with Crippen molar-refractivity contribution in [2.75, 3.05) is 11.4 Å². The van der Waals surface area contributed by atoms with E-state index >= 15 is 0 Å². The SMILES string of the molecule is CC(=O)ON1CC(N(C(C)=O)c2ccccc2)C1=O. The van der Waals surface area contributed by atoms with Gasteiger partial charge in [0, 0.05) is 19.5 Å². The molecule has 1 heterocycles. The van der Waals surface area contributed by atoms with Crippen molar-refractivity contribution in [1.29, 1.82) is 0 Å². The molecule has 0 bridgehead atoms. The van der Waals surface area contributed by atoms with Crippen molar-refractivity contribution >= 4 is 23.5 Å². The number of β-lactam (4-membered cyclic amide) rings is 1. The highest BCUT2D eigenvalue weighted by Gasteiger charge is 2.45. The lowest BCUT2D eigenvalue weighted by molar-refractivity contribution is -0.213. The molecule has 6 nitrogen and oxygen atoms in total. The lowest BCUT2D eigenvalue weighted by atomic mass is 10.1. The first-order chi connectivity index (χ1) is 9.00. The minimum Gasteiger partial charge on any atom is -0.338 e. The molecule has 6 heteroatoms. The average molecular weight is 262 g/mol. The molecule has 1 atom stereocenters. The second kappa shape index (κ2) is 5.09. The van der Waals surface area contributed by atoms with Crippen LogP contribution in [0.15, 0.2) is 30.3 Å². The molecule has 1 aliphatic rings. The maximum Gasteiger partial charge on any atom is 0.329 e. The molecule has 1 aliphatic heterocycles. The summed E-state index contributed by atoms with van der Waals surface area (Å²) in [5.41, 5.74) is 0.649. The van der Waals surface area contributed by atoms with Gasteiger partial charge in [0.2, 0.25) is 5.91 Å². The molecule has 0 aromatic heterocycles. The Kier molecular flexibility index (Phi) is 3.50. The number of hydroxylamine groups is 2. The standard InChI is InChI=1S/C13H14N2O4/c1-9(16)15(11-6-4-3-5-7-11)12-8-14(13(12)18)19-10(2)17/h3-7,12H,8H2,1-2H3. The normalized spacial score (nSPS) is 17.7. The second-order valence-corrected chi connectivity index (χ2v) is 4.22. The highest BCUT2D eigenvalue weighted by Crippen LogP contribution is 2.24. The van der Waals surface area contributed by atoms with E-state index in [9.17, 15) is 14.4 Å². The fourth-order valence-electron chi connectivity index (χ4n) is 1.98. The summed E-state index contributed by atoms with van der Waals surface area (Å²) in [6.45, 7) is 2.81. The predicted octanol–water partition coefficient (Wildman–Crippen LogP) is 0.728. The summed E-state index contributed by atoms with van der Waals surface area (Å²) in [6, 6.07) is 8.30. The van der Waals surface area contributed by atoms with Crippen molar-refractivity contribution in [2.45, 2.75) is 19.9 Å². The number of hydrogen-bond acceptors (Lipinski definition) is 4. The van der Waals surface area contributed by atoms with Crippen molar-refractivity contribution in [3.63, 3.8) is 0 Å². The van der Waals surface area contributed by atoms with Crippen LogP contribution in [0.3, 0.4) is 0 Å². The number of hydrogen-bond donors (Lipinski definition) is 0. The fourth-order valence-corrected chi connectivity index (χ4v) is 1.98. The van der Waals surface area contributed by atoms with Gasteiger partial charge in [-0.1, -0.05) is 18.2 Å². The molecule has 1 fully saturated rings. The van der Waals surface area contributed by atoms with Crippen LogP contribution in [0.5, 0.6) is 0 Å². The Morgan fingerprint density at radius 3 is 2.37 bits per heavy atom. The van der Waals surface area contributed by atoms with Crippen LogP contribution in [0.2, 0.25) is 0 Å². The van der Waals surface area contributed by atoms with E-state index in [0.29, 0.717) is 5.69 Å². The van der Waals surface area contributed by atoms with E-state index in [1.807, 2.05) is 6.07 Å². The minimum atomic E-state index is -0.612. The van der Waals surface area contributed by atoms with Crippen molar-refractivity contribution in [3.8, 4) is 0 Å². The van der Waals surface area contributed by atoms with Crippen LogP contribution in [-0.4, -0.2) is 35.4 Å². The average Bonchev–Trinajstić information content (AvgIpc) is 2.37. The maximum absolute atomic E-state index is 11.9. The van der Waals surface area contributed by atoms with Gasteiger partial charge in [-0.05, 0) is 12.1 Å². The van der Waals surface area contributed by atoms with Crippen molar-refractivity contribution < 1.29 is 19.2 Å². The van der Waals surface area contributed by atoms with Gasteiger partial charge in [-0.25, -0.2) is 0 Å². The molecule has 0 radical (unpaired) electrons. The first-order valence-electron chi connectivity index (χ1n) is 5.85. The number of carbonyl (C=O) groups is 3. The molecular formula is C13H14N2O4. The summed E-state index contributed by atoms with van der Waals surface area (Å²) >= 11 is 0. The molecule has 0 saturated carbocycles. The molecule has 0 spiro atoms. The smallest absolute Gasteiger partial charge is 0.329 e. The third-order valence-electron chi connectivity index (χ3n) is 2.79. The molecule has 1 aromatic rings. The summed E-state index contributed by atoms with van der Waals surface area (Å²) < 4.78 is 0. The fraction of sp³-hybridized carbons (Fsp3) is 0.308. The molecular weight excluding hydrogens is 248 g/mol. The first-order valence-corrected chi connectivity index (χ1v) is 5.85. The maximum atomic E-state index is 11.9. The number of amides is 2. The van der Waals surface area contributed by atoms with E-state index < -0.39 is 17.9 Å². The quantitative estimate of drug-likeness (QED) is 0.753. The van der Waals surface area contributed by atoms with Gasteiger partial charge in [0.1, 0.15) is 6.04 Å². The van der Waals surface area contributed by atoms with Gasteiger partial charge < -0.3 is 4.84 Å². The van der Waals surface area contributed by atoms with Gasteiger partial charge in [0.25, 0.3) is 5.91 Å². The molecule has 100 valence electrons. The Bertz CT molecular complexity index is 515. The number of para-hydroxylation sites is 1. The van der Waals surface area contributed by atoms with Gasteiger partial charge >= 0.3 is 5.97 Å². The van der Waals surface area contributed by atoms with Crippen LogP contribution in [0.25, 0.3) is 0 Å². The van der Waals surface area contributed by atoms with E-state index in [2.05, 4.69) is 0 Å². The van der Waals surface area contributed by atoms with E-state index in [-0.39, 0.29) is 12.5 Å². The molecule has 1 saturated heterocycles. The topological polar surface area (TPSA) is 66.9 Å². The van der Waals surface area contributed by atoms with Gasteiger partial charge in [-0.3, -0.25) is 19.3 Å². The predicted molar refractivity (Wildman–Crippen MR) is 66.9 cm³/mol. The Labute approximate surface area is 110 Å².